The molecule has 0 saturated carbocycles. The van der Waals surface area contributed by atoms with Crippen molar-refractivity contribution in [3.05, 3.63) is 35.8 Å². The van der Waals surface area contributed by atoms with Crippen molar-refractivity contribution in [2.75, 3.05) is 33.2 Å². The van der Waals surface area contributed by atoms with Crippen molar-refractivity contribution in [1.29, 1.82) is 0 Å². The average molecular weight is 289 g/mol. The summed E-state index contributed by atoms with van der Waals surface area (Å²) >= 11 is 0. The van der Waals surface area contributed by atoms with Crippen LogP contribution in [0.15, 0.2) is 24.3 Å². The highest BCUT2D eigenvalue weighted by Crippen LogP contribution is 2.26. The van der Waals surface area contributed by atoms with Gasteiger partial charge in [0.15, 0.2) is 0 Å². The quantitative estimate of drug-likeness (QED) is 0.860. The average Bonchev–Trinajstić information content (AvgIpc) is 2.78. The van der Waals surface area contributed by atoms with Crippen molar-refractivity contribution in [2.24, 2.45) is 0 Å². The van der Waals surface area contributed by atoms with E-state index in [1.165, 1.54) is 5.69 Å². The molecule has 3 nitrogen and oxygen atoms in total. The Morgan fingerprint density at radius 2 is 1.81 bits per heavy atom. The van der Waals surface area contributed by atoms with Crippen molar-refractivity contribution in [3.63, 3.8) is 0 Å². The Labute approximate surface area is 125 Å². The van der Waals surface area contributed by atoms with E-state index in [9.17, 15) is 4.39 Å². The van der Waals surface area contributed by atoms with Crippen LogP contribution in [0.5, 0.6) is 0 Å². The van der Waals surface area contributed by atoms with E-state index in [-0.39, 0.29) is 5.82 Å². The van der Waals surface area contributed by atoms with Crippen molar-refractivity contribution in [2.45, 2.75) is 26.4 Å². The number of hydrogen-bond acceptors (Lipinski definition) is 2. The van der Waals surface area contributed by atoms with Gasteiger partial charge in [-0.2, -0.15) is 0 Å². The third kappa shape index (κ3) is 2.97. The highest BCUT2D eigenvalue weighted by atomic mass is 19.1. The zero-order valence-corrected chi connectivity index (χ0v) is 13.1. The molecule has 4 heteroatoms. The van der Waals surface area contributed by atoms with Gasteiger partial charge in [0.1, 0.15) is 5.82 Å². The molecular formula is C17H24FN3. The maximum Gasteiger partial charge on any atom is 0.123 e. The standard InChI is InChI=1S/C17H24FN3/c1-13(2)21-16(12-20-8-6-19(3)7-9-20)11-14-10-15(18)4-5-17(14)21/h4-5,10-11,13H,6-9,12H2,1-3H3. The van der Waals surface area contributed by atoms with Crippen LogP contribution in [0, 0.1) is 5.82 Å². The van der Waals surface area contributed by atoms with Gasteiger partial charge in [0.25, 0.3) is 0 Å². The minimum Gasteiger partial charge on any atom is -0.341 e. The maximum atomic E-state index is 13.5. The molecule has 0 N–H and O–H groups in total. The number of piperazine rings is 1. The van der Waals surface area contributed by atoms with E-state index in [2.05, 4.69) is 41.3 Å². The third-order valence-electron chi connectivity index (χ3n) is 4.38. The predicted octanol–water partition coefficient (Wildman–Crippen LogP) is 3.11. The fourth-order valence-corrected chi connectivity index (χ4v) is 3.23. The molecule has 2 heterocycles. The number of likely N-dealkylation sites (N-methyl/N-ethyl adjacent to an activating group) is 1. The highest BCUT2D eigenvalue weighted by Gasteiger charge is 2.18. The zero-order valence-electron chi connectivity index (χ0n) is 13.1. The molecule has 114 valence electrons. The first-order chi connectivity index (χ1) is 10.0. The second kappa shape index (κ2) is 5.78. The molecule has 1 saturated heterocycles. The van der Waals surface area contributed by atoms with Crippen LogP contribution < -0.4 is 0 Å². The van der Waals surface area contributed by atoms with Gasteiger partial charge < -0.3 is 9.47 Å². The fraction of sp³-hybridized carbons (Fsp3) is 0.529. The SMILES string of the molecule is CC(C)n1c(CN2CCN(C)CC2)cc2cc(F)ccc21. The summed E-state index contributed by atoms with van der Waals surface area (Å²) in [5, 5.41) is 1.01. The summed E-state index contributed by atoms with van der Waals surface area (Å²) in [6.07, 6.45) is 0. The van der Waals surface area contributed by atoms with Crippen LogP contribution in [-0.2, 0) is 6.54 Å². The Kier molecular flexibility index (Phi) is 4.00. The van der Waals surface area contributed by atoms with E-state index >= 15 is 0 Å². The number of fused-ring (bicyclic) bond motifs is 1. The Hall–Kier alpha value is -1.39. The number of aromatic nitrogens is 1. The van der Waals surface area contributed by atoms with E-state index in [1.54, 1.807) is 12.1 Å². The predicted molar refractivity (Wildman–Crippen MR) is 85.1 cm³/mol. The number of halogens is 1. The molecule has 0 unspecified atom stereocenters. The number of hydrogen-bond donors (Lipinski definition) is 0. The molecular weight excluding hydrogens is 265 g/mol. The van der Waals surface area contributed by atoms with Gasteiger partial charge in [-0.1, -0.05) is 0 Å². The fourth-order valence-electron chi connectivity index (χ4n) is 3.23. The molecule has 1 aliphatic rings. The van der Waals surface area contributed by atoms with Crippen molar-refractivity contribution < 1.29 is 4.39 Å². The third-order valence-corrected chi connectivity index (χ3v) is 4.38. The largest absolute Gasteiger partial charge is 0.341 e. The minimum atomic E-state index is -0.158. The lowest BCUT2D eigenvalue weighted by Crippen LogP contribution is -2.44. The van der Waals surface area contributed by atoms with E-state index in [4.69, 9.17) is 0 Å². The van der Waals surface area contributed by atoms with Gasteiger partial charge in [0.2, 0.25) is 0 Å². The van der Waals surface area contributed by atoms with Crippen molar-refractivity contribution in [3.8, 4) is 0 Å². The molecule has 1 aromatic heterocycles. The number of nitrogens with zero attached hydrogens (tertiary/aromatic N) is 3. The van der Waals surface area contributed by atoms with Gasteiger partial charge in [0.05, 0.1) is 0 Å². The van der Waals surface area contributed by atoms with Gasteiger partial charge in [-0.05, 0) is 45.2 Å². The monoisotopic (exact) mass is 289 g/mol. The Morgan fingerprint density at radius 1 is 1.10 bits per heavy atom. The van der Waals surface area contributed by atoms with E-state index in [1.807, 2.05) is 6.07 Å². The van der Waals surface area contributed by atoms with E-state index in [0.29, 0.717) is 6.04 Å². The number of benzene rings is 1. The van der Waals surface area contributed by atoms with Gasteiger partial charge >= 0.3 is 0 Å². The normalized spacial score (nSPS) is 18.0. The molecule has 1 fully saturated rings. The van der Waals surface area contributed by atoms with Crippen LogP contribution in [0.3, 0.4) is 0 Å². The van der Waals surface area contributed by atoms with E-state index in [0.717, 1.165) is 43.6 Å². The summed E-state index contributed by atoms with van der Waals surface area (Å²) in [6, 6.07) is 7.63. The van der Waals surface area contributed by atoms with Crippen LogP contribution in [0.4, 0.5) is 4.39 Å². The zero-order chi connectivity index (χ0) is 15.0. The topological polar surface area (TPSA) is 11.4 Å². The first-order valence-corrected chi connectivity index (χ1v) is 7.75. The number of rotatable bonds is 3. The highest BCUT2D eigenvalue weighted by molar-refractivity contribution is 5.81. The molecule has 0 aliphatic carbocycles. The lowest BCUT2D eigenvalue weighted by molar-refractivity contribution is 0.145. The molecule has 1 aromatic carbocycles. The maximum absolute atomic E-state index is 13.5. The Morgan fingerprint density at radius 3 is 2.48 bits per heavy atom. The Balaban J connectivity index is 1.92. The lowest BCUT2D eigenvalue weighted by Gasteiger charge is -2.32. The molecule has 0 bridgehead atoms. The van der Waals surface area contributed by atoms with Crippen LogP contribution in [0.25, 0.3) is 10.9 Å². The minimum absolute atomic E-state index is 0.158. The second-order valence-corrected chi connectivity index (χ2v) is 6.38. The molecule has 0 spiro atoms. The van der Waals surface area contributed by atoms with Gasteiger partial charge in [0, 0.05) is 55.4 Å². The van der Waals surface area contributed by atoms with Crippen LogP contribution in [0.1, 0.15) is 25.6 Å². The molecule has 21 heavy (non-hydrogen) atoms. The summed E-state index contributed by atoms with van der Waals surface area (Å²) in [4.78, 5) is 4.85. The summed E-state index contributed by atoms with van der Waals surface area (Å²) in [6.45, 7) is 9.77. The van der Waals surface area contributed by atoms with E-state index < -0.39 is 0 Å². The van der Waals surface area contributed by atoms with Crippen LogP contribution in [-0.4, -0.2) is 47.6 Å². The lowest BCUT2D eigenvalue weighted by atomic mass is 10.2. The van der Waals surface area contributed by atoms with Crippen molar-refractivity contribution in [1.82, 2.24) is 14.4 Å². The first kappa shape index (κ1) is 14.5. The second-order valence-electron chi connectivity index (χ2n) is 6.38. The van der Waals surface area contributed by atoms with Crippen LogP contribution >= 0.6 is 0 Å². The summed E-state index contributed by atoms with van der Waals surface area (Å²) < 4.78 is 15.8. The summed E-state index contributed by atoms with van der Waals surface area (Å²) in [7, 11) is 2.17. The first-order valence-electron chi connectivity index (χ1n) is 7.75. The smallest absolute Gasteiger partial charge is 0.123 e. The molecule has 1 aliphatic heterocycles. The molecule has 0 atom stereocenters. The molecule has 3 rings (SSSR count). The summed E-state index contributed by atoms with van der Waals surface area (Å²) in [5.41, 5.74) is 2.42. The van der Waals surface area contributed by atoms with Crippen molar-refractivity contribution >= 4 is 10.9 Å². The van der Waals surface area contributed by atoms with Gasteiger partial charge in [-0.25, -0.2) is 4.39 Å². The summed E-state index contributed by atoms with van der Waals surface area (Å²) in [5.74, 6) is -0.158. The molecule has 0 radical (unpaired) electrons. The van der Waals surface area contributed by atoms with Gasteiger partial charge in [-0.3, -0.25) is 4.90 Å². The Bertz CT molecular complexity index is 624. The van der Waals surface area contributed by atoms with Gasteiger partial charge in [-0.15, -0.1) is 0 Å². The molecule has 2 aromatic rings. The molecule has 0 amide bonds. The van der Waals surface area contributed by atoms with Crippen LogP contribution in [0.2, 0.25) is 0 Å².